The van der Waals surface area contributed by atoms with Gasteiger partial charge < -0.3 is 14.8 Å². The van der Waals surface area contributed by atoms with Gasteiger partial charge in [0.2, 0.25) is 0 Å². The molecule has 0 aromatic rings. The number of rotatable bonds is 4. The maximum absolute atomic E-state index is 11.8. The van der Waals surface area contributed by atoms with Crippen LogP contribution >= 0.6 is 0 Å². The van der Waals surface area contributed by atoms with E-state index in [-0.39, 0.29) is 18.6 Å². The van der Waals surface area contributed by atoms with Crippen LogP contribution in [-0.2, 0) is 14.3 Å². The Bertz CT molecular complexity index is 307. The molecule has 1 aliphatic heterocycles. The summed E-state index contributed by atoms with van der Waals surface area (Å²) in [6.45, 7) is 0.643. The van der Waals surface area contributed by atoms with E-state index in [4.69, 9.17) is 9.47 Å². The van der Waals surface area contributed by atoms with E-state index in [1.165, 1.54) is 0 Å². The lowest BCUT2D eigenvalue weighted by Gasteiger charge is -2.27. The van der Waals surface area contributed by atoms with Crippen LogP contribution in [0, 0.1) is 5.92 Å². The van der Waals surface area contributed by atoms with Gasteiger partial charge in [-0.25, -0.2) is 4.79 Å². The van der Waals surface area contributed by atoms with E-state index in [1.54, 1.807) is 7.11 Å². The number of carbonyl (C=O) groups is 2. The van der Waals surface area contributed by atoms with Crippen LogP contribution in [0.1, 0.15) is 19.3 Å². The lowest BCUT2D eigenvalue weighted by Crippen LogP contribution is -2.51. The number of hydrogen-bond donors (Lipinski definition) is 2. The van der Waals surface area contributed by atoms with Gasteiger partial charge in [-0.3, -0.25) is 10.1 Å². The van der Waals surface area contributed by atoms with Crippen molar-refractivity contribution in [1.82, 2.24) is 10.6 Å². The van der Waals surface area contributed by atoms with E-state index in [1.807, 2.05) is 0 Å². The quantitative estimate of drug-likeness (QED) is 0.403. The summed E-state index contributed by atoms with van der Waals surface area (Å²) in [5.41, 5.74) is -0.745. The van der Waals surface area contributed by atoms with Gasteiger partial charge in [-0.1, -0.05) is 6.42 Å². The fraction of sp³-hybridized carbons (Fsp3) is 0.800. The van der Waals surface area contributed by atoms with Crippen molar-refractivity contribution in [3.05, 3.63) is 0 Å². The summed E-state index contributed by atoms with van der Waals surface area (Å²) in [7, 11) is 1.55. The molecule has 0 radical (unpaired) electrons. The molecule has 0 aromatic heterocycles. The molecule has 2 N–H and O–H groups in total. The summed E-state index contributed by atoms with van der Waals surface area (Å²) in [5.74, 6) is -0.185. The molecule has 1 saturated carbocycles. The predicted octanol–water partition coefficient (Wildman–Crippen LogP) is -0.0148. The zero-order valence-corrected chi connectivity index (χ0v) is 9.25. The number of ether oxygens (including phenoxy) is 2. The number of urea groups is 1. The third-order valence-electron chi connectivity index (χ3n) is 3.31. The molecule has 3 amide bonds. The smallest absolute Gasteiger partial charge is 0.322 e. The SMILES string of the molecule is COCOC[C@@H]1CCC[C@@]12NC(=O)NC2=O. The second-order valence-corrected chi connectivity index (χ2v) is 4.25. The highest BCUT2D eigenvalue weighted by Gasteiger charge is 2.54. The molecule has 1 aliphatic carbocycles. The molecule has 6 nitrogen and oxygen atoms in total. The van der Waals surface area contributed by atoms with Crippen LogP contribution in [0.4, 0.5) is 4.79 Å². The van der Waals surface area contributed by atoms with Crippen LogP contribution in [0.15, 0.2) is 0 Å². The number of amides is 3. The van der Waals surface area contributed by atoms with Crippen molar-refractivity contribution in [2.45, 2.75) is 24.8 Å². The van der Waals surface area contributed by atoms with Gasteiger partial charge >= 0.3 is 6.03 Å². The van der Waals surface area contributed by atoms with Gasteiger partial charge in [0.25, 0.3) is 5.91 Å². The molecule has 1 heterocycles. The molecule has 16 heavy (non-hydrogen) atoms. The Kier molecular flexibility index (Phi) is 3.11. The Morgan fingerprint density at radius 1 is 1.50 bits per heavy atom. The first-order valence-electron chi connectivity index (χ1n) is 5.39. The van der Waals surface area contributed by atoms with Crippen LogP contribution in [0.2, 0.25) is 0 Å². The van der Waals surface area contributed by atoms with Crippen LogP contribution in [0.3, 0.4) is 0 Å². The first kappa shape index (κ1) is 11.3. The van der Waals surface area contributed by atoms with Gasteiger partial charge in [-0.05, 0) is 12.8 Å². The molecule has 2 rings (SSSR count). The highest BCUT2D eigenvalue weighted by molar-refractivity contribution is 6.07. The molecule has 0 unspecified atom stereocenters. The maximum atomic E-state index is 11.8. The van der Waals surface area contributed by atoms with Crippen molar-refractivity contribution >= 4 is 11.9 Å². The van der Waals surface area contributed by atoms with Gasteiger partial charge in [-0.15, -0.1) is 0 Å². The highest BCUT2D eigenvalue weighted by Crippen LogP contribution is 2.37. The van der Waals surface area contributed by atoms with Crippen molar-refractivity contribution in [1.29, 1.82) is 0 Å². The van der Waals surface area contributed by atoms with E-state index >= 15 is 0 Å². The summed E-state index contributed by atoms with van der Waals surface area (Å²) in [6, 6.07) is -0.399. The maximum Gasteiger partial charge on any atom is 0.322 e. The van der Waals surface area contributed by atoms with Crippen molar-refractivity contribution in [2.75, 3.05) is 20.5 Å². The van der Waals surface area contributed by atoms with E-state index in [0.717, 1.165) is 12.8 Å². The van der Waals surface area contributed by atoms with Gasteiger partial charge in [0.15, 0.2) is 0 Å². The van der Waals surface area contributed by atoms with Crippen molar-refractivity contribution < 1.29 is 19.1 Å². The predicted molar refractivity (Wildman–Crippen MR) is 54.6 cm³/mol. The van der Waals surface area contributed by atoms with E-state index in [0.29, 0.717) is 13.0 Å². The second-order valence-electron chi connectivity index (χ2n) is 4.25. The van der Waals surface area contributed by atoms with E-state index in [2.05, 4.69) is 10.6 Å². The van der Waals surface area contributed by atoms with Crippen LogP contribution in [0.5, 0.6) is 0 Å². The molecule has 1 spiro atoms. The normalized spacial score (nSPS) is 33.2. The molecule has 1 saturated heterocycles. The summed E-state index contributed by atoms with van der Waals surface area (Å²) >= 11 is 0. The van der Waals surface area contributed by atoms with Crippen LogP contribution in [0.25, 0.3) is 0 Å². The van der Waals surface area contributed by atoms with Gasteiger partial charge in [0.05, 0.1) is 6.61 Å². The van der Waals surface area contributed by atoms with Crippen LogP contribution in [-0.4, -0.2) is 38.0 Å². The molecule has 90 valence electrons. The molecular formula is C10H16N2O4. The van der Waals surface area contributed by atoms with Crippen molar-refractivity contribution in [2.24, 2.45) is 5.92 Å². The molecule has 6 heteroatoms. The Morgan fingerprint density at radius 2 is 2.31 bits per heavy atom. The molecule has 2 atom stereocenters. The minimum Gasteiger partial charge on any atom is -0.359 e. The molecule has 0 bridgehead atoms. The largest absolute Gasteiger partial charge is 0.359 e. The molecular weight excluding hydrogens is 212 g/mol. The van der Waals surface area contributed by atoms with Crippen molar-refractivity contribution in [3.63, 3.8) is 0 Å². The Morgan fingerprint density at radius 3 is 2.94 bits per heavy atom. The number of carbonyl (C=O) groups excluding carboxylic acids is 2. The summed E-state index contributed by atoms with van der Waals surface area (Å²) in [4.78, 5) is 23.0. The van der Waals surface area contributed by atoms with E-state index in [9.17, 15) is 9.59 Å². The van der Waals surface area contributed by atoms with Crippen molar-refractivity contribution in [3.8, 4) is 0 Å². The first-order valence-corrected chi connectivity index (χ1v) is 5.39. The van der Waals surface area contributed by atoms with E-state index < -0.39 is 11.6 Å². The molecule has 2 aliphatic rings. The summed E-state index contributed by atoms with van der Waals surface area (Å²) in [6.07, 6.45) is 2.50. The fourth-order valence-electron chi connectivity index (χ4n) is 2.55. The van der Waals surface area contributed by atoms with Gasteiger partial charge in [0, 0.05) is 13.0 Å². The van der Waals surface area contributed by atoms with Gasteiger partial charge in [-0.2, -0.15) is 0 Å². The number of imide groups is 1. The Balaban J connectivity index is 2.02. The number of nitrogens with one attached hydrogen (secondary N) is 2. The Hall–Kier alpha value is -1.14. The molecule has 0 aromatic carbocycles. The minimum absolute atomic E-state index is 0.0362. The Labute approximate surface area is 93.7 Å². The lowest BCUT2D eigenvalue weighted by molar-refractivity contribution is -0.127. The zero-order chi connectivity index (χ0) is 11.6. The average Bonchev–Trinajstić information content (AvgIpc) is 2.74. The third kappa shape index (κ3) is 1.78. The third-order valence-corrected chi connectivity index (χ3v) is 3.31. The fourth-order valence-corrected chi connectivity index (χ4v) is 2.55. The first-order chi connectivity index (χ1) is 7.69. The minimum atomic E-state index is -0.745. The number of hydrogen-bond acceptors (Lipinski definition) is 4. The molecule has 2 fully saturated rings. The topological polar surface area (TPSA) is 76.7 Å². The van der Waals surface area contributed by atoms with Gasteiger partial charge in [0.1, 0.15) is 12.3 Å². The monoisotopic (exact) mass is 228 g/mol. The van der Waals surface area contributed by atoms with Crippen LogP contribution < -0.4 is 10.6 Å². The lowest BCUT2D eigenvalue weighted by atomic mass is 9.88. The second kappa shape index (κ2) is 4.39. The summed E-state index contributed by atoms with van der Waals surface area (Å²) < 4.78 is 10.1. The number of methoxy groups -OCH3 is 1. The standard InChI is InChI=1S/C10H16N2O4/c1-15-6-16-5-7-3-2-4-10(7)8(13)11-9(14)12-10/h7H,2-6H2,1H3,(H2,11,12,13,14)/t7-,10+/m0/s1. The average molecular weight is 228 g/mol. The zero-order valence-electron chi connectivity index (χ0n) is 9.25. The highest BCUT2D eigenvalue weighted by atomic mass is 16.7. The summed E-state index contributed by atoms with van der Waals surface area (Å²) in [5, 5.41) is 5.03.